The Kier molecular flexibility index (Phi) is 4.31. The topological polar surface area (TPSA) is 29.5 Å². The lowest BCUT2D eigenvalue weighted by atomic mass is 9.78. The second kappa shape index (κ2) is 5.79. The van der Waals surface area contributed by atoms with Crippen LogP contribution in [0.2, 0.25) is 0 Å². The molecule has 3 atom stereocenters. The maximum atomic E-state index is 10.7. The summed E-state index contributed by atoms with van der Waals surface area (Å²) in [5.41, 5.74) is 3.54. The molecule has 2 heteroatoms. The van der Waals surface area contributed by atoms with Gasteiger partial charge in [0.05, 0.1) is 13.2 Å². The van der Waals surface area contributed by atoms with Gasteiger partial charge in [0.25, 0.3) is 0 Å². The van der Waals surface area contributed by atoms with Crippen LogP contribution < -0.4 is 4.74 Å². The van der Waals surface area contributed by atoms with Crippen LogP contribution in [-0.2, 0) is 0 Å². The molecular formula is C17H24O2. The van der Waals surface area contributed by atoms with Gasteiger partial charge in [0.2, 0.25) is 0 Å². The average molecular weight is 260 g/mol. The third-order valence-electron chi connectivity index (χ3n) is 4.07. The number of hydrogen-bond donors (Lipinski definition) is 1. The molecule has 104 valence electrons. The first kappa shape index (κ1) is 14.1. The number of aliphatic hydroxyl groups excluding tert-OH is 1. The number of aliphatic hydroxyl groups is 1. The largest absolute Gasteiger partial charge is 0.497 e. The third kappa shape index (κ3) is 3.19. The van der Waals surface area contributed by atoms with Crippen molar-refractivity contribution in [1.29, 1.82) is 0 Å². The highest BCUT2D eigenvalue weighted by molar-refractivity contribution is 5.36. The molecule has 1 N–H and O–H groups in total. The highest BCUT2D eigenvalue weighted by atomic mass is 16.5. The summed E-state index contributed by atoms with van der Waals surface area (Å²) in [4.78, 5) is 0. The Morgan fingerprint density at radius 3 is 2.63 bits per heavy atom. The molecule has 1 aromatic rings. The standard InChI is InChI=1S/C17H24O2/c1-11-7-12(2)9-14(8-11)17(18)16-6-5-15(19-4)10-13(16)3/h5-7,10-11,14,17-18H,8-9H2,1-4H3. The van der Waals surface area contributed by atoms with Gasteiger partial charge in [-0.25, -0.2) is 0 Å². The first-order valence-corrected chi connectivity index (χ1v) is 7.01. The normalized spacial score (nSPS) is 24.8. The van der Waals surface area contributed by atoms with Crippen molar-refractivity contribution in [3.8, 4) is 5.75 Å². The highest BCUT2D eigenvalue weighted by Gasteiger charge is 2.26. The maximum absolute atomic E-state index is 10.7. The van der Waals surface area contributed by atoms with E-state index < -0.39 is 0 Å². The summed E-state index contributed by atoms with van der Waals surface area (Å²) in [7, 11) is 1.67. The summed E-state index contributed by atoms with van der Waals surface area (Å²) in [6.45, 7) is 6.43. The highest BCUT2D eigenvalue weighted by Crippen LogP contribution is 2.38. The van der Waals surface area contributed by atoms with E-state index in [-0.39, 0.29) is 6.10 Å². The minimum Gasteiger partial charge on any atom is -0.497 e. The molecule has 0 aliphatic heterocycles. The van der Waals surface area contributed by atoms with Crippen LogP contribution in [-0.4, -0.2) is 12.2 Å². The molecule has 19 heavy (non-hydrogen) atoms. The van der Waals surface area contributed by atoms with Gasteiger partial charge in [-0.15, -0.1) is 0 Å². The van der Waals surface area contributed by atoms with Crippen LogP contribution in [0.3, 0.4) is 0 Å². The molecule has 2 rings (SSSR count). The van der Waals surface area contributed by atoms with Gasteiger partial charge in [-0.2, -0.15) is 0 Å². The molecule has 0 fully saturated rings. The summed E-state index contributed by atoms with van der Waals surface area (Å²) in [6, 6.07) is 5.92. The fraction of sp³-hybridized carbons (Fsp3) is 0.529. The average Bonchev–Trinajstić information content (AvgIpc) is 2.36. The molecule has 2 nitrogen and oxygen atoms in total. The van der Waals surface area contributed by atoms with E-state index in [1.54, 1.807) is 7.11 Å². The van der Waals surface area contributed by atoms with Gasteiger partial charge < -0.3 is 9.84 Å². The molecular weight excluding hydrogens is 236 g/mol. The van der Waals surface area contributed by atoms with Crippen LogP contribution in [0.5, 0.6) is 5.75 Å². The van der Waals surface area contributed by atoms with Gasteiger partial charge in [-0.1, -0.05) is 24.6 Å². The van der Waals surface area contributed by atoms with E-state index in [0.29, 0.717) is 11.8 Å². The van der Waals surface area contributed by atoms with Gasteiger partial charge in [0.15, 0.2) is 0 Å². The number of aryl methyl sites for hydroxylation is 1. The number of rotatable bonds is 3. The summed E-state index contributed by atoms with van der Waals surface area (Å²) < 4.78 is 5.22. The van der Waals surface area contributed by atoms with Crippen molar-refractivity contribution in [2.24, 2.45) is 11.8 Å². The minimum absolute atomic E-state index is 0.326. The Morgan fingerprint density at radius 1 is 1.32 bits per heavy atom. The van der Waals surface area contributed by atoms with Crippen molar-refractivity contribution in [3.05, 3.63) is 41.0 Å². The van der Waals surface area contributed by atoms with Crippen molar-refractivity contribution in [2.75, 3.05) is 7.11 Å². The van der Waals surface area contributed by atoms with E-state index in [9.17, 15) is 5.11 Å². The molecule has 3 unspecified atom stereocenters. The number of methoxy groups -OCH3 is 1. The molecule has 0 amide bonds. The molecule has 1 aliphatic carbocycles. The van der Waals surface area contributed by atoms with E-state index in [2.05, 4.69) is 19.9 Å². The monoisotopic (exact) mass is 260 g/mol. The molecule has 0 radical (unpaired) electrons. The molecule has 0 bridgehead atoms. The van der Waals surface area contributed by atoms with Gasteiger partial charge in [0.1, 0.15) is 5.75 Å². The molecule has 0 aromatic heterocycles. The van der Waals surface area contributed by atoms with Gasteiger partial charge in [0, 0.05) is 0 Å². The maximum Gasteiger partial charge on any atom is 0.119 e. The number of benzene rings is 1. The van der Waals surface area contributed by atoms with Gasteiger partial charge >= 0.3 is 0 Å². The summed E-state index contributed by atoms with van der Waals surface area (Å²) in [6.07, 6.45) is 4.00. The Balaban J connectivity index is 2.20. The molecule has 0 saturated heterocycles. The molecule has 1 aromatic carbocycles. The van der Waals surface area contributed by atoms with E-state index in [1.807, 2.05) is 25.1 Å². The zero-order chi connectivity index (χ0) is 14.0. The smallest absolute Gasteiger partial charge is 0.119 e. The van der Waals surface area contributed by atoms with Crippen LogP contribution >= 0.6 is 0 Å². The van der Waals surface area contributed by atoms with Crippen LogP contribution in [0.25, 0.3) is 0 Å². The Bertz CT molecular complexity index is 476. The summed E-state index contributed by atoms with van der Waals surface area (Å²) in [5, 5.41) is 10.7. The van der Waals surface area contributed by atoms with E-state index in [1.165, 1.54) is 5.57 Å². The fourth-order valence-corrected chi connectivity index (χ4v) is 3.20. The number of allylic oxidation sites excluding steroid dienone is 2. The van der Waals surface area contributed by atoms with Crippen molar-refractivity contribution in [1.82, 2.24) is 0 Å². The summed E-state index contributed by atoms with van der Waals surface area (Å²) in [5.74, 6) is 1.74. The molecule has 0 heterocycles. The fourth-order valence-electron chi connectivity index (χ4n) is 3.20. The number of hydrogen-bond acceptors (Lipinski definition) is 2. The first-order chi connectivity index (χ1) is 9.01. The lowest BCUT2D eigenvalue weighted by Gasteiger charge is -2.30. The molecule has 0 saturated carbocycles. The number of ether oxygens (including phenoxy) is 1. The molecule has 0 spiro atoms. The van der Waals surface area contributed by atoms with Gasteiger partial charge in [-0.05, 0) is 61.8 Å². The van der Waals surface area contributed by atoms with Crippen LogP contribution in [0.4, 0.5) is 0 Å². The predicted molar refractivity (Wildman–Crippen MR) is 78.3 cm³/mol. The quantitative estimate of drug-likeness (QED) is 0.831. The van der Waals surface area contributed by atoms with Crippen molar-refractivity contribution in [3.63, 3.8) is 0 Å². The van der Waals surface area contributed by atoms with E-state index in [0.717, 1.165) is 29.7 Å². The second-order valence-corrected chi connectivity index (χ2v) is 5.86. The van der Waals surface area contributed by atoms with Crippen molar-refractivity contribution >= 4 is 0 Å². The van der Waals surface area contributed by atoms with E-state index >= 15 is 0 Å². The zero-order valence-corrected chi connectivity index (χ0v) is 12.3. The van der Waals surface area contributed by atoms with Crippen LogP contribution in [0.1, 0.15) is 43.9 Å². The second-order valence-electron chi connectivity index (χ2n) is 5.86. The van der Waals surface area contributed by atoms with Gasteiger partial charge in [-0.3, -0.25) is 0 Å². The predicted octanol–water partition coefficient (Wildman–Crippen LogP) is 4.03. The Hall–Kier alpha value is -1.28. The SMILES string of the molecule is COc1ccc(C(O)C2CC(C)=CC(C)C2)c(C)c1. The zero-order valence-electron chi connectivity index (χ0n) is 12.3. The lowest BCUT2D eigenvalue weighted by Crippen LogP contribution is -2.20. The van der Waals surface area contributed by atoms with Crippen molar-refractivity contribution in [2.45, 2.75) is 39.7 Å². The third-order valence-corrected chi connectivity index (χ3v) is 4.07. The first-order valence-electron chi connectivity index (χ1n) is 7.01. The molecule has 1 aliphatic rings. The Labute approximate surface area is 116 Å². The van der Waals surface area contributed by atoms with Crippen LogP contribution in [0, 0.1) is 18.8 Å². The Morgan fingerprint density at radius 2 is 2.05 bits per heavy atom. The van der Waals surface area contributed by atoms with Crippen molar-refractivity contribution < 1.29 is 9.84 Å². The van der Waals surface area contributed by atoms with Crippen LogP contribution in [0.15, 0.2) is 29.8 Å². The summed E-state index contributed by atoms with van der Waals surface area (Å²) >= 11 is 0. The van der Waals surface area contributed by atoms with E-state index in [4.69, 9.17) is 4.74 Å². The minimum atomic E-state index is -0.378. The lowest BCUT2D eigenvalue weighted by molar-refractivity contribution is 0.0926.